The third kappa shape index (κ3) is 3.60. The van der Waals surface area contributed by atoms with Gasteiger partial charge in [-0.05, 0) is 37.3 Å². The number of carbonyl (C=O) groups is 1. The minimum Gasteiger partial charge on any atom is -0.497 e. The van der Waals surface area contributed by atoms with Crippen LogP contribution in [0.2, 0.25) is 0 Å². The Kier molecular flexibility index (Phi) is 4.56. The molecule has 122 valence electrons. The Morgan fingerprint density at radius 2 is 2.00 bits per heavy atom. The maximum absolute atomic E-state index is 12.1. The van der Waals surface area contributed by atoms with E-state index >= 15 is 0 Å². The highest BCUT2D eigenvalue weighted by atomic mass is 16.5. The molecule has 0 aliphatic rings. The molecule has 1 amide bonds. The lowest BCUT2D eigenvalue weighted by molar-refractivity contribution is 0.0949. The Morgan fingerprint density at radius 1 is 1.21 bits per heavy atom. The maximum atomic E-state index is 12.1. The summed E-state index contributed by atoms with van der Waals surface area (Å²) in [6.45, 7) is 2.20. The van der Waals surface area contributed by atoms with Gasteiger partial charge in [0.05, 0.1) is 13.7 Å². The zero-order valence-corrected chi connectivity index (χ0v) is 13.4. The van der Waals surface area contributed by atoms with Gasteiger partial charge in [0.1, 0.15) is 5.75 Å². The van der Waals surface area contributed by atoms with Crippen LogP contribution >= 0.6 is 0 Å². The Morgan fingerprint density at radius 3 is 2.75 bits per heavy atom. The molecule has 6 nitrogen and oxygen atoms in total. The number of carbonyl (C=O) groups excluding carboxylic acids is 1. The van der Waals surface area contributed by atoms with Crippen molar-refractivity contribution >= 4 is 5.91 Å². The predicted molar refractivity (Wildman–Crippen MR) is 88.6 cm³/mol. The molecule has 3 rings (SSSR count). The third-order valence-corrected chi connectivity index (χ3v) is 3.51. The highest BCUT2D eigenvalue weighted by molar-refractivity contribution is 5.94. The first-order valence-electron chi connectivity index (χ1n) is 7.47. The molecule has 1 aromatic heterocycles. The van der Waals surface area contributed by atoms with Crippen LogP contribution in [0.4, 0.5) is 0 Å². The van der Waals surface area contributed by atoms with Gasteiger partial charge in [0.25, 0.3) is 11.8 Å². The molecule has 1 N–H and O–H groups in total. The van der Waals surface area contributed by atoms with Crippen molar-refractivity contribution in [1.29, 1.82) is 0 Å². The second-order valence-electron chi connectivity index (χ2n) is 5.30. The van der Waals surface area contributed by atoms with Gasteiger partial charge in [0.15, 0.2) is 5.82 Å². The summed E-state index contributed by atoms with van der Waals surface area (Å²) in [5, 5.41) is 6.65. The van der Waals surface area contributed by atoms with Gasteiger partial charge in [-0.15, -0.1) is 0 Å². The van der Waals surface area contributed by atoms with E-state index in [1.807, 2.05) is 31.2 Å². The fourth-order valence-corrected chi connectivity index (χ4v) is 2.16. The van der Waals surface area contributed by atoms with Crippen LogP contribution in [0.25, 0.3) is 11.5 Å². The zero-order valence-electron chi connectivity index (χ0n) is 13.4. The van der Waals surface area contributed by atoms with Crippen LogP contribution in [0.1, 0.15) is 21.7 Å². The maximum Gasteiger partial charge on any atom is 0.257 e. The molecule has 0 bridgehead atoms. The zero-order chi connectivity index (χ0) is 16.9. The molecule has 0 saturated carbocycles. The molecule has 0 unspecified atom stereocenters. The number of methoxy groups -OCH3 is 1. The Hall–Kier alpha value is -3.15. The van der Waals surface area contributed by atoms with Crippen LogP contribution in [0, 0.1) is 6.92 Å². The monoisotopic (exact) mass is 323 g/mol. The third-order valence-electron chi connectivity index (χ3n) is 3.51. The molecule has 0 atom stereocenters. The molecular weight excluding hydrogens is 306 g/mol. The average Bonchev–Trinajstić information content (AvgIpc) is 3.09. The Labute approximate surface area is 139 Å². The highest BCUT2D eigenvalue weighted by Crippen LogP contribution is 2.17. The van der Waals surface area contributed by atoms with E-state index < -0.39 is 0 Å². The van der Waals surface area contributed by atoms with Crippen molar-refractivity contribution in [2.24, 2.45) is 0 Å². The van der Waals surface area contributed by atoms with E-state index in [-0.39, 0.29) is 12.5 Å². The van der Waals surface area contributed by atoms with Gasteiger partial charge in [0.2, 0.25) is 0 Å². The largest absolute Gasteiger partial charge is 0.497 e. The molecule has 2 aromatic carbocycles. The lowest BCUT2D eigenvalue weighted by Crippen LogP contribution is -2.23. The average molecular weight is 323 g/mol. The number of nitrogens with one attached hydrogen (secondary N) is 1. The van der Waals surface area contributed by atoms with E-state index in [0.717, 1.165) is 11.1 Å². The van der Waals surface area contributed by atoms with E-state index in [9.17, 15) is 4.79 Å². The number of rotatable bonds is 5. The second kappa shape index (κ2) is 6.95. The number of hydrogen-bond donors (Lipinski definition) is 1. The minimum absolute atomic E-state index is 0.186. The fourth-order valence-electron chi connectivity index (χ4n) is 2.16. The van der Waals surface area contributed by atoms with Gasteiger partial charge in [-0.3, -0.25) is 4.79 Å². The summed E-state index contributed by atoms with van der Waals surface area (Å²) in [6.07, 6.45) is 0. The number of aryl methyl sites for hydroxylation is 1. The van der Waals surface area contributed by atoms with Gasteiger partial charge < -0.3 is 14.6 Å². The van der Waals surface area contributed by atoms with Gasteiger partial charge in [0, 0.05) is 11.1 Å². The molecule has 6 heteroatoms. The van der Waals surface area contributed by atoms with Crippen LogP contribution in [0.15, 0.2) is 53.1 Å². The van der Waals surface area contributed by atoms with Crippen LogP contribution < -0.4 is 10.1 Å². The van der Waals surface area contributed by atoms with Crippen molar-refractivity contribution in [3.63, 3.8) is 0 Å². The minimum atomic E-state index is -0.226. The summed E-state index contributed by atoms with van der Waals surface area (Å²) in [7, 11) is 1.56. The highest BCUT2D eigenvalue weighted by Gasteiger charge is 2.11. The molecule has 1 heterocycles. The SMILES string of the molecule is COc1cccc(C(=O)NCc2noc(-c3ccc(C)cc3)n2)c1. The van der Waals surface area contributed by atoms with Crippen molar-refractivity contribution in [3.05, 3.63) is 65.5 Å². The quantitative estimate of drug-likeness (QED) is 0.781. The lowest BCUT2D eigenvalue weighted by atomic mass is 10.1. The molecule has 3 aromatic rings. The number of ether oxygens (including phenoxy) is 1. The van der Waals surface area contributed by atoms with Gasteiger partial charge in [-0.1, -0.05) is 28.9 Å². The van der Waals surface area contributed by atoms with Crippen molar-refractivity contribution in [1.82, 2.24) is 15.5 Å². The first-order chi connectivity index (χ1) is 11.7. The molecule has 0 spiro atoms. The van der Waals surface area contributed by atoms with Crippen LogP contribution in [-0.4, -0.2) is 23.2 Å². The standard InChI is InChI=1S/C18H17N3O3/c1-12-6-8-13(9-7-12)18-20-16(21-24-18)11-19-17(22)14-4-3-5-15(10-14)23-2/h3-10H,11H2,1-2H3,(H,19,22). The summed E-state index contributed by atoms with van der Waals surface area (Å²) >= 11 is 0. The summed E-state index contributed by atoms with van der Waals surface area (Å²) < 4.78 is 10.3. The number of benzene rings is 2. The van der Waals surface area contributed by atoms with Crippen molar-refractivity contribution in [3.8, 4) is 17.2 Å². The number of nitrogens with zero attached hydrogens (tertiary/aromatic N) is 2. The smallest absolute Gasteiger partial charge is 0.257 e. The number of amides is 1. The van der Waals surface area contributed by atoms with Crippen molar-refractivity contribution < 1.29 is 14.1 Å². The first-order valence-corrected chi connectivity index (χ1v) is 7.47. The first kappa shape index (κ1) is 15.7. The van der Waals surface area contributed by atoms with E-state index in [1.165, 1.54) is 0 Å². The molecule has 0 saturated heterocycles. The van der Waals surface area contributed by atoms with Gasteiger partial charge in [-0.2, -0.15) is 4.98 Å². The molecule has 0 radical (unpaired) electrons. The Balaban J connectivity index is 1.64. The Bertz CT molecular complexity index is 841. The second-order valence-corrected chi connectivity index (χ2v) is 5.30. The molecule has 0 aliphatic carbocycles. The van der Waals surface area contributed by atoms with Crippen LogP contribution in [0.3, 0.4) is 0 Å². The summed E-state index contributed by atoms with van der Waals surface area (Å²) in [5.41, 5.74) is 2.51. The molecule has 0 fully saturated rings. The number of hydrogen-bond acceptors (Lipinski definition) is 5. The predicted octanol–water partition coefficient (Wildman–Crippen LogP) is 2.98. The summed E-state index contributed by atoms with van der Waals surface area (Å²) in [6, 6.07) is 14.7. The van der Waals surface area contributed by atoms with Crippen molar-refractivity contribution in [2.45, 2.75) is 13.5 Å². The van der Waals surface area contributed by atoms with Gasteiger partial charge >= 0.3 is 0 Å². The summed E-state index contributed by atoms with van der Waals surface area (Å²) in [4.78, 5) is 16.4. The van der Waals surface area contributed by atoms with Gasteiger partial charge in [-0.25, -0.2) is 0 Å². The molecular formula is C18H17N3O3. The van der Waals surface area contributed by atoms with Crippen LogP contribution in [-0.2, 0) is 6.54 Å². The van der Waals surface area contributed by atoms with Crippen LogP contribution in [0.5, 0.6) is 5.75 Å². The van der Waals surface area contributed by atoms with Crippen molar-refractivity contribution in [2.75, 3.05) is 7.11 Å². The lowest BCUT2D eigenvalue weighted by Gasteiger charge is -2.04. The van der Waals surface area contributed by atoms with E-state index in [1.54, 1.807) is 31.4 Å². The van der Waals surface area contributed by atoms with E-state index in [0.29, 0.717) is 23.0 Å². The molecule has 24 heavy (non-hydrogen) atoms. The summed E-state index contributed by atoms with van der Waals surface area (Å²) in [5.74, 6) is 1.25. The van der Waals surface area contributed by atoms with E-state index in [2.05, 4.69) is 15.5 Å². The van der Waals surface area contributed by atoms with E-state index in [4.69, 9.17) is 9.26 Å². The molecule has 0 aliphatic heterocycles. The normalized spacial score (nSPS) is 10.4. The topological polar surface area (TPSA) is 77.2 Å². The number of aromatic nitrogens is 2. The fraction of sp³-hybridized carbons (Fsp3) is 0.167.